The average Bonchev–Trinajstić information content (AvgIpc) is 2.80. The second kappa shape index (κ2) is 4.16. The van der Waals surface area contributed by atoms with E-state index in [-0.39, 0.29) is 16.3 Å². The first-order valence-corrected chi connectivity index (χ1v) is 6.10. The van der Waals surface area contributed by atoms with Gasteiger partial charge in [-0.05, 0) is 6.07 Å². The van der Waals surface area contributed by atoms with Gasteiger partial charge in [0.1, 0.15) is 17.6 Å². The molecule has 0 aliphatic rings. The number of sulfonamides is 1. The molecule has 0 atom stereocenters. The van der Waals surface area contributed by atoms with Gasteiger partial charge in [-0.2, -0.15) is 5.10 Å². The molecule has 1 aromatic heterocycles. The molecule has 0 aliphatic carbocycles. The fraction of sp³-hybridized carbons (Fsp3) is 0. The van der Waals surface area contributed by atoms with Crippen LogP contribution < -0.4 is 5.14 Å². The Hall–Kier alpha value is -2.33. The minimum absolute atomic E-state index is 0.0978. The lowest BCUT2D eigenvalue weighted by Gasteiger charge is -2.06. The maximum Gasteiger partial charge on any atom is 0.270 e. The van der Waals surface area contributed by atoms with Crippen LogP contribution >= 0.6 is 0 Å². The quantitative estimate of drug-likeness (QED) is 0.606. The highest BCUT2D eigenvalue weighted by Gasteiger charge is 2.20. The van der Waals surface area contributed by atoms with Crippen molar-refractivity contribution in [2.75, 3.05) is 0 Å². The predicted octanol–water partition coefficient (Wildman–Crippen LogP) is -0.177. The first-order chi connectivity index (χ1) is 8.39. The fourth-order valence-corrected chi connectivity index (χ4v) is 2.10. The normalized spacial score (nSPS) is 11.4. The van der Waals surface area contributed by atoms with E-state index in [0.717, 1.165) is 16.8 Å². The zero-order valence-electron chi connectivity index (χ0n) is 8.79. The van der Waals surface area contributed by atoms with E-state index >= 15 is 0 Å². The highest BCUT2D eigenvalue weighted by Crippen LogP contribution is 2.23. The fourth-order valence-electron chi connectivity index (χ4n) is 1.37. The van der Waals surface area contributed by atoms with E-state index in [2.05, 4.69) is 10.1 Å². The van der Waals surface area contributed by atoms with Gasteiger partial charge in [0.2, 0.25) is 10.0 Å². The topological polar surface area (TPSA) is 134 Å². The van der Waals surface area contributed by atoms with Crippen molar-refractivity contribution in [3.05, 3.63) is 41.0 Å². The van der Waals surface area contributed by atoms with Crippen LogP contribution in [0.1, 0.15) is 0 Å². The lowest BCUT2D eigenvalue weighted by Crippen LogP contribution is -2.16. The van der Waals surface area contributed by atoms with Gasteiger partial charge in [-0.15, -0.1) is 0 Å². The first-order valence-electron chi connectivity index (χ1n) is 4.56. The van der Waals surface area contributed by atoms with Crippen LogP contribution in [0.15, 0.2) is 35.7 Å². The minimum Gasteiger partial charge on any atom is -0.258 e. The van der Waals surface area contributed by atoms with Crippen molar-refractivity contribution in [3.63, 3.8) is 0 Å². The number of hydrogen-bond donors (Lipinski definition) is 1. The Bertz CT molecular complexity index is 694. The molecular weight excluding hydrogens is 262 g/mol. The van der Waals surface area contributed by atoms with E-state index in [1.165, 1.54) is 18.7 Å². The summed E-state index contributed by atoms with van der Waals surface area (Å²) in [6, 6.07) is 3.28. The molecule has 1 aromatic carbocycles. The molecule has 0 bridgehead atoms. The van der Waals surface area contributed by atoms with Crippen molar-refractivity contribution in [1.29, 1.82) is 0 Å². The zero-order valence-corrected chi connectivity index (χ0v) is 9.61. The Morgan fingerprint density at radius 2 is 2.11 bits per heavy atom. The number of nitro benzene ring substituents is 1. The summed E-state index contributed by atoms with van der Waals surface area (Å²) >= 11 is 0. The lowest BCUT2D eigenvalue weighted by molar-refractivity contribution is -0.385. The second-order valence-electron chi connectivity index (χ2n) is 3.29. The zero-order chi connectivity index (χ0) is 13.3. The van der Waals surface area contributed by atoms with Gasteiger partial charge in [0.05, 0.1) is 10.6 Å². The Kier molecular flexibility index (Phi) is 2.80. The summed E-state index contributed by atoms with van der Waals surface area (Å²) in [5.74, 6) is 0. The summed E-state index contributed by atoms with van der Waals surface area (Å²) in [6.07, 6.45) is 2.46. The molecule has 0 amide bonds. The van der Waals surface area contributed by atoms with Gasteiger partial charge in [-0.3, -0.25) is 10.1 Å². The Balaban J connectivity index is 2.72. The average molecular weight is 269 g/mol. The van der Waals surface area contributed by atoms with Gasteiger partial charge in [-0.1, -0.05) is 0 Å². The van der Waals surface area contributed by atoms with Crippen LogP contribution in [-0.4, -0.2) is 28.1 Å². The maximum absolute atomic E-state index is 11.4. The SMILES string of the molecule is NS(=O)(=O)c1cc([N+](=O)[O-])ccc1-n1cncn1. The van der Waals surface area contributed by atoms with Crippen molar-refractivity contribution in [3.8, 4) is 5.69 Å². The largest absolute Gasteiger partial charge is 0.270 e. The van der Waals surface area contributed by atoms with Crippen LogP contribution in [-0.2, 0) is 10.0 Å². The summed E-state index contributed by atoms with van der Waals surface area (Å²) in [7, 11) is -4.11. The van der Waals surface area contributed by atoms with Gasteiger partial charge in [0.15, 0.2) is 0 Å². The second-order valence-corrected chi connectivity index (χ2v) is 4.82. The highest BCUT2D eigenvalue weighted by atomic mass is 32.2. The van der Waals surface area contributed by atoms with Crippen molar-refractivity contribution in [2.24, 2.45) is 5.14 Å². The summed E-state index contributed by atoms with van der Waals surface area (Å²) in [5.41, 5.74) is -0.275. The van der Waals surface area contributed by atoms with Crippen molar-refractivity contribution >= 4 is 15.7 Å². The molecule has 0 unspecified atom stereocenters. The van der Waals surface area contributed by atoms with E-state index in [0.29, 0.717) is 0 Å². The van der Waals surface area contributed by atoms with Crippen molar-refractivity contribution in [2.45, 2.75) is 4.90 Å². The molecule has 2 rings (SSSR count). The monoisotopic (exact) mass is 269 g/mol. The molecule has 0 fully saturated rings. The third-order valence-electron chi connectivity index (χ3n) is 2.13. The van der Waals surface area contributed by atoms with Gasteiger partial charge in [0, 0.05) is 12.1 Å². The standard InChI is InChI=1S/C8H7N5O4S/c9-18(16,17)8-3-6(13(14)15)1-2-7(8)12-5-10-4-11-12/h1-5H,(H2,9,16,17). The van der Waals surface area contributed by atoms with Crippen LogP contribution in [0.2, 0.25) is 0 Å². The first kappa shape index (κ1) is 12.1. The van der Waals surface area contributed by atoms with Crippen LogP contribution in [0.25, 0.3) is 5.69 Å². The molecule has 2 aromatic rings. The molecule has 1 heterocycles. The van der Waals surface area contributed by atoms with Gasteiger partial charge in [0.25, 0.3) is 5.69 Å². The Morgan fingerprint density at radius 3 is 2.61 bits per heavy atom. The Morgan fingerprint density at radius 1 is 1.39 bits per heavy atom. The molecule has 0 saturated heterocycles. The van der Waals surface area contributed by atoms with Crippen molar-refractivity contribution < 1.29 is 13.3 Å². The van der Waals surface area contributed by atoms with E-state index in [1.807, 2.05) is 0 Å². The van der Waals surface area contributed by atoms with Crippen LogP contribution in [0.4, 0.5) is 5.69 Å². The Labute approximate surface area is 101 Å². The molecular formula is C8H7N5O4S. The molecule has 0 saturated carbocycles. The number of nitrogens with two attached hydrogens (primary N) is 1. The number of non-ortho nitro benzene ring substituents is 1. The number of benzene rings is 1. The molecule has 10 heteroatoms. The number of primary sulfonamides is 1. The van der Waals surface area contributed by atoms with E-state index < -0.39 is 14.9 Å². The van der Waals surface area contributed by atoms with Crippen LogP contribution in [0, 0.1) is 10.1 Å². The maximum atomic E-state index is 11.4. The lowest BCUT2D eigenvalue weighted by atomic mass is 10.3. The third-order valence-corrected chi connectivity index (χ3v) is 3.07. The summed E-state index contributed by atoms with van der Waals surface area (Å²) in [6.45, 7) is 0. The number of nitrogens with zero attached hydrogens (tertiary/aromatic N) is 4. The number of hydrogen-bond acceptors (Lipinski definition) is 6. The van der Waals surface area contributed by atoms with Gasteiger partial charge >= 0.3 is 0 Å². The molecule has 0 spiro atoms. The summed E-state index contributed by atoms with van der Waals surface area (Å²) < 4.78 is 24.0. The van der Waals surface area contributed by atoms with E-state index in [1.54, 1.807) is 0 Å². The minimum atomic E-state index is -4.11. The third kappa shape index (κ3) is 2.19. The van der Waals surface area contributed by atoms with Crippen LogP contribution in [0.3, 0.4) is 0 Å². The highest BCUT2D eigenvalue weighted by molar-refractivity contribution is 7.89. The van der Waals surface area contributed by atoms with Gasteiger partial charge in [-0.25, -0.2) is 23.2 Å². The summed E-state index contributed by atoms with van der Waals surface area (Å²) in [5, 5.41) is 19.4. The van der Waals surface area contributed by atoms with Gasteiger partial charge < -0.3 is 0 Å². The number of aromatic nitrogens is 3. The van der Waals surface area contributed by atoms with Crippen LogP contribution in [0.5, 0.6) is 0 Å². The molecule has 18 heavy (non-hydrogen) atoms. The van der Waals surface area contributed by atoms with Crippen molar-refractivity contribution in [1.82, 2.24) is 14.8 Å². The molecule has 9 nitrogen and oxygen atoms in total. The molecule has 0 radical (unpaired) electrons. The number of rotatable bonds is 3. The molecule has 94 valence electrons. The smallest absolute Gasteiger partial charge is 0.258 e. The molecule has 2 N–H and O–H groups in total. The van der Waals surface area contributed by atoms with E-state index in [4.69, 9.17) is 5.14 Å². The predicted molar refractivity (Wildman–Crippen MR) is 59.4 cm³/mol. The summed E-state index contributed by atoms with van der Waals surface area (Å²) in [4.78, 5) is 13.2. The number of nitro groups is 1. The molecule has 0 aliphatic heterocycles. The van der Waals surface area contributed by atoms with E-state index in [9.17, 15) is 18.5 Å².